The Balaban J connectivity index is 1.68. The van der Waals surface area contributed by atoms with E-state index >= 15 is 0 Å². The average Bonchev–Trinajstić information content (AvgIpc) is 2.88. The standard InChI is InChI=1S/C29H37N3O2/c1-4-5-9-22(2)34-27-14-12-26(13-15-27)28(21-31-20-24-16-18-30-19-17-24)32-29(33)23(3)25-10-7-6-8-11-25/h6-8,10-19,22-23,28,31H,4-5,9,20-21H2,1-3H3,(H,32,33). The van der Waals surface area contributed by atoms with Gasteiger partial charge in [-0.15, -0.1) is 0 Å². The van der Waals surface area contributed by atoms with E-state index in [0.29, 0.717) is 13.1 Å². The molecule has 0 aliphatic carbocycles. The molecule has 5 heteroatoms. The zero-order chi connectivity index (χ0) is 24.2. The summed E-state index contributed by atoms with van der Waals surface area (Å²) in [5.74, 6) is 0.640. The number of carbonyl (C=O) groups is 1. The molecular formula is C29H37N3O2. The summed E-state index contributed by atoms with van der Waals surface area (Å²) in [6, 6.07) is 21.8. The minimum atomic E-state index is -0.231. The molecule has 3 aromatic rings. The van der Waals surface area contributed by atoms with E-state index in [1.165, 1.54) is 6.42 Å². The van der Waals surface area contributed by atoms with E-state index in [4.69, 9.17) is 4.74 Å². The summed E-state index contributed by atoms with van der Waals surface area (Å²) in [6.07, 6.45) is 7.15. The third kappa shape index (κ3) is 7.99. The first-order valence-electron chi connectivity index (χ1n) is 12.3. The number of carbonyl (C=O) groups excluding carboxylic acids is 1. The molecule has 1 aromatic heterocycles. The number of aromatic nitrogens is 1. The fourth-order valence-electron chi connectivity index (χ4n) is 3.87. The molecule has 1 amide bonds. The van der Waals surface area contributed by atoms with E-state index in [2.05, 4.69) is 29.5 Å². The van der Waals surface area contributed by atoms with Gasteiger partial charge in [0.1, 0.15) is 5.75 Å². The molecule has 0 fully saturated rings. The van der Waals surface area contributed by atoms with Gasteiger partial charge in [-0.05, 0) is 61.2 Å². The summed E-state index contributed by atoms with van der Waals surface area (Å²) in [5.41, 5.74) is 3.21. The Hall–Kier alpha value is -3.18. The summed E-state index contributed by atoms with van der Waals surface area (Å²) in [7, 11) is 0. The fraction of sp³-hybridized carbons (Fsp3) is 0.379. The minimum absolute atomic E-state index is 0.00965. The van der Waals surface area contributed by atoms with Crippen LogP contribution in [-0.4, -0.2) is 23.5 Å². The van der Waals surface area contributed by atoms with E-state index in [1.807, 2.05) is 73.7 Å². The van der Waals surface area contributed by atoms with Gasteiger partial charge in [0.25, 0.3) is 0 Å². The Kier molecular flexibility index (Phi) is 10.1. The maximum atomic E-state index is 13.1. The van der Waals surface area contributed by atoms with Crippen LogP contribution >= 0.6 is 0 Å². The van der Waals surface area contributed by atoms with Crippen LogP contribution in [0.25, 0.3) is 0 Å². The average molecular weight is 460 g/mol. The molecule has 3 rings (SSSR count). The zero-order valence-corrected chi connectivity index (χ0v) is 20.5. The van der Waals surface area contributed by atoms with E-state index < -0.39 is 0 Å². The first kappa shape index (κ1) is 25.4. The van der Waals surface area contributed by atoms with Crippen LogP contribution in [0.15, 0.2) is 79.1 Å². The molecule has 0 spiro atoms. The van der Waals surface area contributed by atoms with Gasteiger partial charge in [-0.25, -0.2) is 0 Å². The number of amides is 1. The Labute approximate surface area is 204 Å². The van der Waals surface area contributed by atoms with Gasteiger partial charge < -0.3 is 15.4 Å². The molecule has 0 bridgehead atoms. The third-order valence-electron chi connectivity index (χ3n) is 6.02. The minimum Gasteiger partial charge on any atom is -0.491 e. The Bertz CT molecular complexity index is 977. The lowest BCUT2D eigenvalue weighted by atomic mass is 9.99. The van der Waals surface area contributed by atoms with Crippen molar-refractivity contribution in [2.45, 2.75) is 64.6 Å². The van der Waals surface area contributed by atoms with Crippen LogP contribution in [0.2, 0.25) is 0 Å². The van der Waals surface area contributed by atoms with Crippen LogP contribution in [0, 0.1) is 0 Å². The number of pyridine rings is 1. The number of nitrogens with zero attached hydrogens (tertiary/aromatic N) is 1. The van der Waals surface area contributed by atoms with Crippen molar-refractivity contribution >= 4 is 5.91 Å². The summed E-state index contributed by atoms with van der Waals surface area (Å²) in [4.78, 5) is 17.2. The van der Waals surface area contributed by atoms with Crippen LogP contribution in [-0.2, 0) is 11.3 Å². The Morgan fingerprint density at radius 1 is 0.941 bits per heavy atom. The normalized spacial score (nSPS) is 13.6. The predicted octanol–water partition coefficient (Wildman–Crippen LogP) is 5.79. The largest absolute Gasteiger partial charge is 0.491 e. The van der Waals surface area contributed by atoms with E-state index in [0.717, 1.165) is 35.3 Å². The summed E-state index contributed by atoms with van der Waals surface area (Å²) in [5, 5.41) is 6.73. The molecule has 0 aliphatic rings. The maximum Gasteiger partial charge on any atom is 0.227 e. The lowest BCUT2D eigenvalue weighted by molar-refractivity contribution is -0.123. The number of nitrogens with one attached hydrogen (secondary N) is 2. The highest BCUT2D eigenvalue weighted by Gasteiger charge is 2.20. The molecule has 2 aromatic carbocycles. The van der Waals surface area contributed by atoms with Crippen molar-refractivity contribution in [3.05, 3.63) is 95.8 Å². The lowest BCUT2D eigenvalue weighted by Gasteiger charge is -2.23. The van der Waals surface area contributed by atoms with Crippen molar-refractivity contribution in [2.75, 3.05) is 6.54 Å². The number of unbranched alkanes of at least 4 members (excludes halogenated alkanes) is 1. The number of ether oxygens (including phenoxy) is 1. The highest BCUT2D eigenvalue weighted by Crippen LogP contribution is 2.22. The SMILES string of the molecule is CCCCC(C)Oc1ccc(C(CNCc2ccncc2)NC(=O)C(C)c2ccccc2)cc1. The summed E-state index contributed by atoms with van der Waals surface area (Å²) >= 11 is 0. The number of hydrogen-bond donors (Lipinski definition) is 2. The van der Waals surface area contributed by atoms with Crippen LogP contribution in [0.3, 0.4) is 0 Å². The molecule has 0 saturated heterocycles. The smallest absolute Gasteiger partial charge is 0.227 e. The second kappa shape index (κ2) is 13.5. The summed E-state index contributed by atoms with van der Waals surface area (Å²) < 4.78 is 6.06. The summed E-state index contributed by atoms with van der Waals surface area (Å²) in [6.45, 7) is 7.57. The first-order valence-corrected chi connectivity index (χ1v) is 12.3. The van der Waals surface area contributed by atoms with Crippen LogP contribution < -0.4 is 15.4 Å². The first-order chi connectivity index (χ1) is 16.6. The number of benzene rings is 2. The van der Waals surface area contributed by atoms with E-state index in [1.54, 1.807) is 12.4 Å². The number of rotatable bonds is 13. The van der Waals surface area contributed by atoms with Crippen molar-refractivity contribution < 1.29 is 9.53 Å². The molecule has 3 atom stereocenters. The Morgan fingerprint density at radius 2 is 1.65 bits per heavy atom. The van der Waals surface area contributed by atoms with Crippen molar-refractivity contribution in [3.8, 4) is 5.75 Å². The van der Waals surface area contributed by atoms with Gasteiger partial charge in [-0.1, -0.05) is 62.2 Å². The van der Waals surface area contributed by atoms with Crippen molar-refractivity contribution in [3.63, 3.8) is 0 Å². The van der Waals surface area contributed by atoms with Crippen LogP contribution in [0.1, 0.15) is 68.7 Å². The second-order valence-electron chi connectivity index (χ2n) is 8.82. The van der Waals surface area contributed by atoms with Gasteiger partial charge in [0.15, 0.2) is 0 Å². The van der Waals surface area contributed by atoms with Gasteiger partial charge in [0.05, 0.1) is 18.1 Å². The third-order valence-corrected chi connectivity index (χ3v) is 6.02. The highest BCUT2D eigenvalue weighted by atomic mass is 16.5. The van der Waals surface area contributed by atoms with Crippen LogP contribution in [0.4, 0.5) is 0 Å². The van der Waals surface area contributed by atoms with E-state index in [-0.39, 0.29) is 24.0 Å². The van der Waals surface area contributed by atoms with Gasteiger partial charge in [0.2, 0.25) is 5.91 Å². The van der Waals surface area contributed by atoms with Gasteiger partial charge in [0, 0.05) is 25.5 Å². The molecule has 2 N–H and O–H groups in total. The van der Waals surface area contributed by atoms with Crippen LogP contribution in [0.5, 0.6) is 5.75 Å². The predicted molar refractivity (Wildman–Crippen MR) is 138 cm³/mol. The lowest BCUT2D eigenvalue weighted by Crippen LogP contribution is -2.37. The van der Waals surface area contributed by atoms with Crippen molar-refractivity contribution in [1.29, 1.82) is 0 Å². The van der Waals surface area contributed by atoms with Gasteiger partial charge in [-0.3, -0.25) is 9.78 Å². The monoisotopic (exact) mass is 459 g/mol. The maximum absolute atomic E-state index is 13.1. The second-order valence-corrected chi connectivity index (χ2v) is 8.82. The molecule has 0 aliphatic heterocycles. The molecule has 0 radical (unpaired) electrons. The molecule has 3 unspecified atom stereocenters. The molecule has 34 heavy (non-hydrogen) atoms. The molecule has 180 valence electrons. The molecule has 5 nitrogen and oxygen atoms in total. The topological polar surface area (TPSA) is 63.2 Å². The number of hydrogen-bond acceptors (Lipinski definition) is 4. The van der Waals surface area contributed by atoms with E-state index in [9.17, 15) is 4.79 Å². The highest BCUT2D eigenvalue weighted by molar-refractivity contribution is 5.83. The van der Waals surface area contributed by atoms with Gasteiger partial charge in [-0.2, -0.15) is 0 Å². The zero-order valence-electron chi connectivity index (χ0n) is 20.5. The Morgan fingerprint density at radius 3 is 2.32 bits per heavy atom. The quantitative estimate of drug-likeness (QED) is 0.340. The fourth-order valence-corrected chi connectivity index (χ4v) is 3.87. The molecular weight excluding hydrogens is 422 g/mol. The van der Waals surface area contributed by atoms with Gasteiger partial charge >= 0.3 is 0 Å². The molecule has 0 saturated carbocycles. The van der Waals surface area contributed by atoms with Crippen molar-refractivity contribution in [2.24, 2.45) is 0 Å². The van der Waals surface area contributed by atoms with Crippen molar-refractivity contribution in [1.82, 2.24) is 15.6 Å². The molecule has 1 heterocycles.